The molecule has 1 rings (SSSR count). The number of carbonyl (C=O) groups excluding carboxylic acids is 1. The first-order valence-electron chi connectivity index (χ1n) is 6.43. The largest absolute Gasteiger partial charge is 0.481 e. The van der Waals surface area contributed by atoms with Gasteiger partial charge in [-0.2, -0.15) is 0 Å². The minimum absolute atomic E-state index is 0.169. The molecule has 2 unspecified atom stereocenters. The van der Waals surface area contributed by atoms with Gasteiger partial charge in [-0.1, -0.05) is 12.1 Å². The van der Waals surface area contributed by atoms with Crippen molar-refractivity contribution in [1.29, 1.82) is 0 Å². The fraction of sp³-hybridized carbons (Fsp3) is 0.429. The van der Waals surface area contributed by atoms with Crippen LogP contribution >= 0.6 is 0 Å². The first kappa shape index (κ1) is 15.9. The van der Waals surface area contributed by atoms with Gasteiger partial charge in [0.15, 0.2) is 0 Å². The lowest BCUT2D eigenvalue weighted by atomic mass is 10.0. The van der Waals surface area contributed by atoms with Crippen molar-refractivity contribution in [3.05, 3.63) is 30.1 Å². The average Bonchev–Trinajstić information content (AvgIpc) is 2.40. The Labute approximate surface area is 117 Å². The summed E-state index contributed by atoms with van der Waals surface area (Å²) in [4.78, 5) is 24.2. The molecule has 0 aliphatic heterocycles. The van der Waals surface area contributed by atoms with E-state index in [2.05, 4.69) is 5.32 Å². The number of hydrogen-bond donors (Lipinski definition) is 2. The molecule has 2 N–H and O–H groups in total. The topological polar surface area (TPSA) is 69.6 Å². The van der Waals surface area contributed by atoms with Crippen LogP contribution in [-0.2, 0) is 4.79 Å². The molecule has 1 aromatic carbocycles. The molecule has 0 radical (unpaired) electrons. The number of halogens is 1. The fourth-order valence-electron chi connectivity index (χ4n) is 1.71. The summed E-state index contributed by atoms with van der Waals surface area (Å²) in [5.74, 6) is -2.21. The van der Waals surface area contributed by atoms with Crippen molar-refractivity contribution in [2.24, 2.45) is 5.92 Å². The average molecular weight is 282 g/mol. The SMILES string of the molecule is CCN(C(=O)NC(C)C(C)C(=O)O)c1ccccc1F. The first-order valence-corrected chi connectivity index (χ1v) is 6.43. The molecular formula is C14H19FN2O3. The van der Waals surface area contributed by atoms with Gasteiger partial charge in [-0.3, -0.25) is 9.69 Å². The van der Waals surface area contributed by atoms with E-state index in [1.54, 1.807) is 26.0 Å². The van der Waals surface area contributed by atoms with Gasteiger partial charge in [0.05, 0.1) is 11.6 Å². The van der Waals surface area contributed by atoms with Gasteiger partial charge in [0.2, 0.25) is 0 Å². The smallest absolute Gasteiger partial charge is 0.322 e. The molecule has 0 fully saturated rings. The van der Waals surface area contributed by atoms with Crippen molar-refractivity contribution in [3.8, 4) is 0 Å². The normalized spacial score (nSPS) is 13.4. The molecule has 0 aliphatic carbocycles. The van der Waals surface area contributed by atoms with Crippen LogP contribution in [0.1, 0.15) is 20.8 Å². The molecule has 5 nitrogen and oxygen atoms in total. The highest BCUT2D eigenvalue weighted by molar-refractivity contribution is 5.92. The lowest BCUT2D eigenvalue weighted by Gasteiger charge is -2.25. The van der Waals surface area contributed by atoms with Crippen LogP contribution < -0.4 is 10.2 Å². The van der Waals surface area contributed by atoms with Gasteiger partial charge < -0.3 is 10.4 Å². The highest BCUT2D eigenvalue weighted by atomic mass is 19.1. The number of para-hydroxylation sites is 1. The summed E-state index contributed by atoms with van der Waals surface area (Å²) in [5, 5.41) is 11.5. The second kappa shape index (κ2) is 6.88. The zero-order chi connectivity index (χ0) is 15.3. The van der Waals surface area contributed by atoms with Crippen molar-refractivity contribution in [3.63, 3.8) is 0 Å². The molecule has 20 heavy (non-hydrogen) atoms. The molecule has 0 heterocycles. The zero-order valence-electron chi connectivity index (χ0n) is 11.8. The maximum atomic E-state index is 13.7. The molecule has 2 amide bonds. The van der Waals surface area contributed by atoms with E-state index >= 15 is 0 Å². The molecule has 0 spiro atoms. The van der Waals surface area contributed by atoms with E-state index < -0.39 is 29.8 Å². The van der Waals surface area contributed by atoms with Crippen LogP contribution in [0.5, 0.6) is 0 Å². The Bertz CT molecular complexity index is 493. The summed E-state index contributed by atoms with van der Waals surface area (Å²) in [7, 11) is 0. The number of aliphatic carboxylic acids is 1. The van der Waals surface area contributed by atoms with Crippen LogP contribution in [0, 0.1) is 11.7 Å². The number of carboxylic acids is 1. The third-order valence-corrected chi connectivity index (χ3v) is 3.20. The van der Waals surface area contributed by atoms with Gasteiger partial charge in [0.25, 0.3) is 0 Å². The van der Waals surface area contributed by atoms with E-state index in [-0.39, 0.29) is 12.2 Å². The Balaban J connectivity index is 2.84. The second-order valence-electron chi connectivity index (χ2n) is 4.56. The number of anilines is 1. The zero-order valence-corrected chi connectivity index (χ0v) is 11.8. The maximum Gasteiger partial charge on any atom is 0.322 e. The highest BCUT2D eigenvalue weighted by Crippen LogP contribution is 2.18. The van der Waals surface area contributed by atoms with E-state index in [0.29, 0.717) is 0 Å². The Hall–Kier alpha value is -2.11. The summed E-state index contributed by atoms with van der Waals surface area (Å²) in [5.41, 5.74) is 0.169. The molecule has 110 valence electrons. The number of amides is 2. The summed E-state index contributed by atoms with van der Waals surface area (Å²) in [6, 6.07) is 4.88. The van der Waals surface area contributed by atoms with Crippen molar-refractivity contribution >= 4 is 17.7 Å². The number of nitrogens with zero attached hydrogens (tertiary/aromatic N) is 1. The van der Waals surface area contributed by atoms with Gasteiger partial charge in [0.1, 0.15) is 5.82 Å². The maximum absolute atomic E-state index is 13.7. The Kier molecular flexibility index (Phi) is 5.49. The predicted octanol–water partition coefficient (Wildman–Crippen LogP) is 2.47. The number of rotatable bonds is 5. The molecule has 0 aliphatic rings. The number of nitrogens with one attached hydrogen (secondary N) is 1. The summed E-state index contributed by atoms with van der Waals surface area (Å²) in [6.45, 7) is 5.11. The minimum Gasteiger partial charge on any atom is -0.481 e. The van der Waals surface area contributed by atoms with Gasteiger partial charge in [0, 0.05) is 12.6 Å². The second-order valence-corrected chi connectivity index (χ2v) is 4.56. The highest BCUT2D eigenvalue weighted by Gasteiger charge is 2.24. The van der Waals surface area contributed by atoms with Crippen LogP contribution in [0.25, 0.3) is 0 Å². The lowest BCUT2D eigenvalue weighted by molar-refractivity contribution is -0.141. The van der Waals surface area contributed by atoms with E-state index in [9.17, 15) is 14.0 Å². The van der Waals surface area contributed by atoms with Crippen LogP contribution in [-0.4, -0.2) is 29.7 Å². The number of carbonyl (C=O) groups is 2. The molecule has 0 saturated heterocycles. The summed E-state index contributed by atoms with van der Waals surface area (Å²) >= 11 is 0. The fourth-order valence-corrected chi connectivity index (χ4v) is 1.71. The van der Waals surface area contributed by atoms with Gasteiger partial charge >= 0.3 is 12.0 Å². The third-order valence-electron chi connectivity index (χ3n) is 3.20. The number of urea groups is 1. The van der Waals surface area contributed by atoms with E-state index in [1.165, 1.54) is 24.0 Å². The number of carboxylic acid groups (broad SMARTS) is 1. The van der Waals surface area contributed by atoms with Crippen molar-refractivity contribution in [2.75, 3.05) is 11.4 Å². The molecular weight excluding hydrogens is 263 g/mol. The monoisotopic (exact) mass is 282 g/mol. The molecule has 2 atom stereocenters. The van der Waals surface area contributed by atoms with Gasteiger partial charge in [-0.05, 0) is 32.9 Å². The standard InChI is InChI=1S/C14H19FN2O3/c1-4-17(12-8-6-5-7-11(12)15)14(20)16-10(3)9(2)13(18)19/h5-10H,4H2,1-3H3,(H,16,20)(H,18,19). The number of benzene rings is 1. The van der Waals surface area contributed by atoms with E-state index in [4.69, 9.17) is 5.11 Å². The molecule has 1 aromatic rings. The number of hydrogen-bond acceptors (Lipinski definition) is 2. The van der Waals surface area contributed by atoms with Crippen molar-refractivity contribution in [2.45, 2.75) is 26.8 Å². The van der Waals surface area contributed by atoms with Crippen LogP contribution in [0.4, 0.5) is 14.9 Å². The van der Waals surface area contributed by atoms with Crippen molar-refractivity contribution < 1.29 is 19.1 Å². The molecule has 0 bridgehead atoms. The minimum atomic E-state index is -0.994. The third kappa shape index (κ3) is 3.69. The Morgan fingerprint density at radius 3 is 2.45 bits per heavy atom. The van der Waals surface area contributed by atoms with E-state index in [1.807, 2.05) is 0 Å². The van der Waals surface area contributed by atoms with Crippen LogP contribution in [0.2, 0.25) is 0 Å². The Morgan fingerprint density at radius 1 is 1.35 bits per heavy atom. The van der Waals surface area contributed by atoms with Crippen LogP contribution in [0.3, 0.4) is 0 Å². The van der Waals surface area contributed by atoms with Crippen LogP contribution in [0.15, 0.2) is 24.3 Å². The predicted molar refractivity (Wildman–Crippen MR) is 74.2 cm³/mol. The lowest BCUT2D eigenvalue weighted by Crippen LogP contribution is -2.47. The molecule has 6 heteroatoms. The van der Waals surface area contributed by atoms with Gasteiger partial charge in [-0.15, -0.1) is 0 Å². The van der Waals surface area contributed by atoms with E-state index in [0.717, 1.165) is 0 Å². The van der Waals surface area contributed by atoms with Crippen molar-refractivity contribution in [1.82, 2.24) is 5.32 Å². The van der Waals surface area contributed by atoms with Gasteiger partial charge in [-0.25, -0.2) is 9.18 Å². The Morgan fingerprint density at radius 2 is 1.95 bits per heavy atom. The first-order chi connectivity index (χ1) is 9.38. The molecule has 0 aromatic heterocycles. The summed E-state index contributed by atoms with van der Waals surface area (Å²) < 4.78 is 13.7. The molecule has 0 saturated carbocycles. The quantitative estimate of drug-likeness (QED) is 0.871. The summed E-state index contributed by atoms with van der Waals surface area (Å²) in [6.07, 6.45) is 0.